The van der Waals surface area contributed by atoms with Crippen LogP contribution in [0, 0.1) is 0 Å². The van der Waals surface area contributed by atoms with Gasteiger partial charge in [-0.25, -0.2) is 15.0 Å². The van der Waals surface area contributed by atoms with Crippen LogP contribution < -0.4 is 0 Å². The van der Waals surface area contributed by atoms with Crippen molar-refractivity contribution in [2.24, 2.45) is 0 Å². The molecule has 0 saturated heterocycles. The molecule has 3 heteroatoms. The predicted octanol–water partition coefficient (Wildman–Crippen LogP) is 12.8. The third kappa shape index (κ3) is 5.16. The van der Waals surface area contributed by atoms with Crippen molar-refractivity contribution in [3.63, 3.8) is 0 Å². The molecule has 1 aliphatic rings. The minimum Gasteiger partial charge on any atom is -0.208 e. The van der Waals surface area contributed by atoms with E-state index in [1.807, 2.05) is 44.2 Å². The van der Waals surface area contributed by atoms with Gasteiger partial charge in [-0.1, -0.05) is 171 Å². The monoisotopic (exact) mass is 698 g/mol. The van der Waals surface area contributed by atoms with Crippen LogP contribution in [0.2, 0.25) is 0 Å². The van der Waals surface area contributed by atoms with Gasteiger partial charge in [-0.05, 0) is 84.2 Å². The molecule has 0 N–H and O–H groups in total. The van der Waals surface area contributed by atoms with Crippen LogP contribution >= 0.6 is 0 Å². The molecule has 1 heterocycles. The van der Waals surface area contributed by atoms with Crippen molar-refractivity contribution in [1.29, 1.82) is 0 Å². The molecule has 10 rings (SSSR count). The number of hydrogen-bond acceptors (Lipinski definition) is 3. The maximum Gasteiger partial charge on any atom is 0.164 e. The van der Waals surface area contributed by atoms with Crippen molar-refractivity contribution >= 4 is 21.5 Å². The third-order valence-electron chi connectivity index (χ3n) is 9.40. The maximum atomic E-state index is 9.64. The van der Waals surface area contributed by atoms with E-state index in [-0.39, 0.29) is 22.5 Å². The Balaban J connectivity index is 1.37. The number of nitrogens with zero attached hydrogens (tertiary/aromatic N) is 3. The van der Waals surface area contributed by atoms with E-state index < -0.39 is 177 Å². The summed E-state index contributed by atoms with van der Waals surface area (Å²) < 4.78 is 185. The second-order valence-electron chi connectivity index (χ2n) is 12.8. The van der Waals surface area contributed by atoms with Gasteiger partial charge in [-0.2, -0.15) is 0 Å². The molecule has 8 aromatic carbocycles. The SMILES string of the molecule is [2H]c1c([2H])c([2H])c(-c2nc(-c3cc4c(-c5c([2H])c([2H])c([2H])c([2H])c5[2H])cccc4c4c3-c3ccccc3C4(C)C)nc(-c3c([2H])c([2H])c4c([2H])c(-c5c([2H])c([2H])c([2H])c([2H])c5[2H])c([2H])c([2H])c4c3[2H])n2)c([2H])c1[2H]. The molecular weight excluding hydrogens is 643 g/mol. The number of hydrogen-bond donors (Lipinski definition) is 0. The van der Waals surface area contributed by atoms with Gasteiger partial charge in [0.25, 0.3) is 0 Å². The van der Waals surface area contributed by atoms with Crippen molar-refractivity contribution in [3.05, 3.63) is 187 Å². The van der Waals surface area contributed by atoms with E-state index in [2.05, 4.69) is 4.98 Å². The molecule has 1 aromatic heterocycles. The molecule has 0 aliphatic heterocycles. The zero-order valence-electron chi connectivity index (χ0n) is 49.0. The summed E-state index contributed by atoms with van der Waals surface area (Å²) in [7, 11) is 0. The van der Waals surface area contributed by atoms with E-state index >= 15 is 0 Å². The minimum absolute atomic E-state index is 0.114. The Morgan fingerprint density at radius 1 is 0.453 bits per heavy atom. The summed E-state index contributed by atoms with van der Waals surface area (Å²) in [5.41, 5.74) is -0.0257. The van der Waals surface area contributed by atoms with E-state index in [4.69, 9.17) is 31.9 Å². The zero-order chi connectivity index (χ0) is 53.8. The highest BCUT2D eigenvalue weighted by atomic mass is 15.0. The van der Waals surface area contributed by atoms with Crippen LogP contribution in [0.25, 0.3) is 89.1 Å². The van der Waals surface area contributed by atoms with Crippen LogP contribution in [0.3, 0.4) is 0 Å². The molecule has 3 nitrogen and oxygen atoms in total. The van der Waals surface area contributed by atoms with Crippen LogP contribution in [0.1, 0.15) is 53.8 Å². The van der Waals surface area contributed by atoms with E-state index in [1.165, 1.54) is 0 Å². The van der Waals surface area contributed by atoms with Crippen molar-refractivity contribution in [1.82, 2.24) is 15.0 Å². The summed E-state index contributed by atoms with van der Waals surface area (Å²) in [6.45, 7) is 3.95. The number of benzene rings is 8. The molecule has 1 aliphatic carbocycles. The standard InChI is InChI=1S/C50H35N3/c1-50(2)44-24-13-12-21-41(44)45-43(31-42-39(33-17-8-4-9-18-33)22-14-23-40(42)46(45)50)49-52-47(34-19-10-5-11-20-34)51-48(53-49)38-28-27-36-29-35(25-26-37(36)30-38)32-15-6-3-7-16-32/h3-31H,1-2H3/i3D,4D,5D,6D,7D,8D,9D,10D,11D,15D,16D,17D,18D,19D,20D,25D,26D,27D,28D,29D,30D. The topological polar surface area (TPSA) is 38.7 Å². The Bertz CT molecular complexity index is 3990. The van der Waals surface area contributed by atoms with Gasteiger partial charge >= 0.3 is 0 Å². The molecular formula is C50H35N3. The van der Waals surface area contributed by atoms with Gasteiger partial charge in [-0.15, -0.1) is 0 Å². The van der Waals surface area contributed by atoms with Crippen LogP contribution in [-0.4, -0.2) is 15.0 Å². The van der Waals surface area contributed by atoms with E-state index in [1.54, 1.807) is 18.2 Å². The fourth-order valence-corrected chi connectivity index (χ4v) is 7.08. The summed E-state index contributed by atoms with van der Waals surface area (Å²) in [5, 5.41) is -0.0942. The lowest BCUT2D eigenvalue weighted by Crippen LogP contribution is -2.15. The highest BCUT2D eigenvalue weighted by Crippen LogP contribution is 2.55. The highest BCUT2D eigenvalue weighted by Gasteiger charge is 2.39. The number of aromatic nitrogens is 3. The lowest BCUT2D eigenvalue weighted by Gasteiger charge is -2.24. The smallest absolute Gasteiger partial charge is 0.164 e. The molecule has 53 heavy (non-hydrogen) atoms. The quantitative estimate of drug-likeness (QED) is 0.180. The van der Waals surface area contributed by atoms with Crippen molar-refractivity contribution in [3.8, 4) is 67.5 Å². The van der Waals surface area contributed by atoms with Gasteiger partial charge in [0.05, 0.1) is 28.8 Å². The lowest BCUT2D eigenvalue weighted by molar-refractivity contribution is 0.666. The predicted molar refractivity (Wildman–Crippen MR) is 220 cm³/mol. The first-order chi connectivity index (χ1) is 34.8. The van der Waals surface area contributed by atoms with Crippen molar-refractivity contribution in [2.45, 2.75) is 19.3 Å². The Morgan fingerprint density at radius 3 is 1.74 bits per heavy atom. The average molecular weight is 699 g/mol. The first-order valence-electron chi connectivity index (χ1n) is 27.0. The second kappa shape index (κ2) is 12.2. The van der Waals surface area contributed by atoms with Gasteiger partial charge in [0, 0.05) is 22.1 Å². The van der Waals surface area contributed by atoms with Crippen molar-refractivity contribution < 1.29 is 28.8 Å². The Morgan fingerprint density at radius 2 is 1.02 bits per heavy atom. The fourth-order valence-electron chi connectivity index (χ4n) is 7.08. The van der Waals surface area contributed by atoms with Gasteiger partial charge in [0.15, 0.2) is 17.5 Å². The van der Waals surface area contributed by atoms with Gasteiger partial charge in [0.2, 0.25) is 0 Å². The zero-order valence-corrected chi connectivity index (χ0v) is 28.0. The fraction of sp³-hybridized carbons (Fsp3) is 0.0600. The summed E-state index contributed by atoms with van der Waals surface area (Å²) in [5.74, 6) is -1.39. The van der Waals surface area contributed by atoms with E-state index in [0.717, 1.165) is 5.56 Å². The summed E-state index contributed by atoms with van der Waals surface area (Å²) in [6.07, 6.45) is 0. The van der Waals surface area contributed by atoms with Crippen LogP contribution in [0.15, 0.2) is 175 Å². The molecule has 0 fully saturated rings. The first-order valence-corrected chi connectivity index (χ1v) is 16.5. The third-order valence-corrected chi connectivity index (χ3v) is 9.40. The Hall–Kier alpha value is -6.71. The largest absolute Gasteiger partial charge is 0.208 e. The summed E-state index contributed by atoms with van der Waals surface area (Å²) in [6, 6.07) is -0.925. The Kier molecular flexibility index (Phi) is 3.76. The van der Waals surface area contributed by atoms with Gasteiger partial charge in [0.1, 0.15) is 0 Å². The molecule has 0 amide bonds. The molecule has 0 unspecified atom stereocenters. The molecule has 0 saturated carbocycles. The first kappa shape index (κ1) is 16.3. The number of fused-ring (bicyclic) bond motifs is 6. The van der Waals surface area contributed by atoms with E-state index in [9.17, 15) is 6.85 Å². The molecule has 0 atom stereocenters. The molecule has 250 valence electrons. The molecule has 0 spiro atoms. The average Bonchev–Trinajstić information content (AvgIpc) is 3.62. The normalized spacial score (nSPS) is 18.4. The number of rotatable bonds is 5. The van der Waals surface area contributed by atoms with Gasteiger partial charge < -0.3 is 0 Å². The summed E-state index contributed by atoms with van der Waals surface area (Å²) in [4.78, 5) is 14.2. The Labute approximate surface area is 338 Å². The molecule has 0 radical (unpaired) electrons. The maximum absolute atomic E-state index is 9.64. The highest BCUT2D eigenvalue weighted by molar-refractivity contribution is 6.09. The van der Waals surface area contributed by atoms with Crippen LogP contribution in [-0.2, 0) is 5.41 Å². The van der Waals surface area contributed by atoms with Crippen LogP contribution in [0.5, 0.6) is 0 Å². The van der Waals surface area contributed by atoms with Crippen LogP contribution in [0.4, 0.5) is 0 Å². The second-order valence-corrected chi connectivity index (χ2v) is 12.8. The lowest BCUT2D eigenvalue weighted by atomic mass is 9.79. The summed E-state index contributed by atoms with van der Waals surface area (Å²) >= 11 is 0. The molecule has 9 aromatic rings. The molecule has 0 bridgehead atoms. The minimum atomic E-state index is -0.836. The van der Waals surface area contributed by atoms with Crippen molar-refractivity contribution in [2.75, 3.05) is 0 Å². The van der Waals surface area contributed by atoms with E-state index in [0.29, 0.717) is 27.5 Å². The van der Waals surface area contributed by atoms with Gasteiger partial charge in [-0.3, -0.25) is 0 Å².